The zero-order valence-electron chi connectivity index (χ0n) is 16.7. The van der Waals surface area contributed by atoms with E-state index >= 15 is 0 Å². The van der Waals surface area contributed by atoms with Crippen molar-refractivity contribution in [2.24, 2.45) is 0 Å². The number of aryl methyl sites for hydroxylation is 1. The topological polar surface area (TPSA) is 65.4 Å². The van der Waals surface area contributed by atoms with E-state index in [9.17, 15) is 4.79 Å². The van der Waals surface area contributed by atoms with Gasteiger partial charge in [-0.2, -0.15) is 5.10 Å². The van der Waals surface area contributed by atoms with Gasteiger partial charge in [0.1, 0.15) is 0 Å². The van der Waals surface area contributed by atoms with E-state index in [0.29, 0.717) is 24.5 Å². The van der Waals surface area contributed by atoms with Crippen LogP contribution in [0.1, 0.15) is 22.5 Å². The van der Waals surface area contributed by atoms with Gasteiger partial charge in [-0.15, -0.1) is 0 Å². The highest BCUT2D eigenvalue weighted by Crippen LogP contribution is 2.28. The fourth-order valence-corrected chi connectivity index (χ4v) is 3.15. The van der Waals surface area contributed by atoms with Crippen LogP contribution in [0.5, 0.6) is 11.5 Å². The summed E-state index contributed by atoms with van der Waals surface area (Å²) < 4.78 is 12.5. The summed E-state index contributed by atoms with van der Waals surface area (Å²) in [5.74, 6) is 1.31. The Morgan fingerprint density at radius 1 is 1.00 bits per heavy atom. The Labute approximate surface area is 165 Å². The summed E-state index contributed by atoms with van der Waals surface area (Å²) in [6.07, 6.45) is 0.334. The molecule has 6 heteroatoms. The van der Waals surface area contributed by atoms with Crippen molar-refractivity contribution in [2.45, 2.75) is 26.8 Å². The lowest BCUT2D eigenvalue weighted by Crippen LogP contribution is -2.15. The van der Waals surface area contributed by atoms with E-state index in [0.717, 1.165) is 28.2 Å². The number of methoxy groups -OCH3 is 2. The molecule has 0 aliphatic heterocycles. The van der Waals surface area contributed by atoms with Gasteiger partial charge >= 0.3 is 0 Å². The summed E-state index contributed by atoms with van der Waals surface area (Å²) in [5.41, 5.74) is 4.48. The standard InChI is InChI=1S/C22H25N3O3/c1-15-22(23-21(26)13-17-8-6-5-7-9-17)16(2)25(24-15)14-18-10-11-19(27-3)20(12-18)28-4/h5-12H,13-14H2,1-4H3,(H,23,26). The molecule has 1 N–H and O–H groups in total. The van der Waals surface area contributed by atoms with E-state index in [4.69, 9.17) is 9.47 Å². The number of hydrogen-bond acceptors (Lipinski definition) is 4. The molecule has 3 rings (SSSR count). The molecule has 28 heavy (non-hydrogen) atoms. The first-order valence-corrected chi connectivity index (χ1v) is 9.10. The van der Waals surface area contributed by atoms with Crippen LogP contribution in [0.25, 0.3) is 0 Å². The van der Waals surface area contributed by atoms with Gasteiger partial charge in [0.15, 0.2) is 11.5 Å². The smallest absolute Gasteiger partial charge is 0.228 e. The number of rotatable bonds is 7. The van der Waals surface area contributed by atoms with E-state index in [1.807, 2.05) is 67.1 Å². The number of nitrogens with zero attached hydrogens (tertiary/aromatic N) is 2. The van der Waals surface area contributed by atoms with Gasteiger partial charge in [0.05, 0.1) is 44.3 Å². The van der Waals surface area contributed by atoms with Crippen LogP contribution in [-0.2, 0) is 17.8 Å². The van der Waals surface area contributed by atoms with Gasteiger partial charge in [0, 0.05) is 0 Å². The minimum atomic E-state index is -0.0527. The molecule has 146 valence electrons. The minimum absolute atomic E-state index is 0.0527. The predicted molar refractivity (Wildman–Crippen MR) is 109 cm³/mol. The number of nitrogens with one attached hydrogen (secondary N) is 1. The van der Waals surface area contributed by atoms with Crippen molar-refractivity contribution in [3.8, 4) is 11.5 Å². The molecule has 6 nitrogen and oxygen atoms in total. The maximum absolute atomic E-state index is 12.4. The molecule has 0 saturated heterocycles. The Kier molecular flexibility index (Phi) is 5.99. The normalized spacial score (nSPS) is 10.6. The van der Waals surface area contributed by atoms with Crippen molar-refractivity contribution >= 4 is 11.6 Å². The third-order valence-electron chi connectivity index (χ3n) is 4.63. The molecule has 0 fully saturated rings. The average Bonchev–Trinajstić information content (AvgIpc) is 2.96. The van der Waals surface area contributed by atoms with Crippen LogP contribution in [0.4, 0.5) is 5.69 Å². The number of carbonyl (C=O) groups excluding carboxylic acids is 1. The summed E-state index contributed by atoms with van der Waals surface area (Å²) in [5, 5.41) is 7.60. The molecule has 0 atom stereocenters. The van der Waals surface area contributed by atoms with Crippen molar-refractivity contribution in [1.29, 1.82) is 0 Å². The van der Waals surface area contributed by atoms with Crippen molar-refractivity contribution < 1.29 is 14.3 Å². The summed E-state index contributed by atoms with van der Waals surface area (Å²) in [7, 11) is 3.23. The van der Waals surface area contributed by atoms with Gasteiger partial charge in [-0.1, -0.05) is 36.4 Å². The van der Waals surface area contributed by atoms with Crippen LogP contribution in [0.3, 0.4) is 0 Å². The van der Waals surface area contributed by atoms with Crippen LogP contribution >= 0.6 is 0 Å². The van der Waals surface area contributed by atoms with E-state index in [-0.39, 0.29) is 5.91 Å². The van der Waals surface area contributed by atoms with E-state index in [1.165, 1.54) is 0 Å². The Morgan fingerprint density at radius 3 is 2.39 bits per heavy atom. The molecule has 0 radical (unpaired) electrons. The SMILES string of the molecule is COc1ccc(Cn2nc(C)c(NC(=O)Cc3ccccc3)c2C)cc1OC. The fraction of sp³-hybridized carbons (Fsp3) is 0.273. The van der Waals surface area contributed by atoms with Crippen LogP contribution in [0.15, 0.2) is 48.5 Å². The molecule has 1 amide bonds. The van der Waals surface area contributed by atoms with Crippen LogP contribution in [0.2, 0.25) is 0 Å². The third-order valence-corrected chi connectivity index (χ3v) is 4.63. The molecule has 1 aromatic heterocycles. The maximum atomic E-state index is 12.4. The number of anilines is 1. The Morgan fingerprint density at radius 2 is 1.71 bits per heavy atom. The molecule has 0 aliphatic rings. The zero-order chi connectivity index (χ0) is 20.1. The number of benzene rings is 2. The molecule has 1 heterocycles. The lowest BCUT2D eigenvalue weighted by atomic mass is 10.1. The highest BCUT2D eigenvalue weighted by molar-refractivity contribution is 5.93. The minimum Gasteiger partial charge on any atom is -0.493 e. The van der Waals surface area contributed by atoms with Gasteiger partial charge in [0.2, 0.25) is 5.91 Å². The molecule has 0 saturated carbocycles. The molecule has 2 aromatic carbocycles. The van der Waals surface area contributed by atoms with Crippen molar-refractivity contribution in [1.82, 2.24) is 9.78 Å². The van der Waals surface area contributed by atoms with Crippen LogP contribution < -0.4 is 14.8 Å². The Balaban J connectivity index is 1.75. The summed E-state index contributed by atoms with van der Waals surface area (Å²) in [6, 6.07) is 15.5. The van der Waals surface area contributed by atoms with Gasteiger partial charge in [-0.25, -0.2) is 0 Å². The quantitative estimate of drug-likeness (QED) is 0.679. The third kappa shape index (κ3) is 4.34. The molecule has 3 aromatic rings. The number of carbonyl (C=O) groups is 1. The lowest BCUT2D eigenvalue weighted by molar-refractivity contribution is -0.115. The molecular weight excluding hydrogens is 354 g/mol. The second kappa shape index (κ2) is 8.61. The van der Waals surface area contributed by atoms with Gasteiger partial charge in [0.25, 0.3) is 0 Å². The van der Waals surface area contributed by atoms with Crippen molar-refractivity contribution in [2.75, 3.05) is 19.5 Å². The number of aromatic nitrogens is 2. The predicted octanol–water partition coefficient (Wildman–Crippen LogP) is 3.75. The summed E-state index contributed by atoms with van der Waals surface area (Å²) in [4.78, 5) is 12.4. The molecular formula is C22H25N3O3. The van der Waals surface area contributed by atoms with Gasteiger partial charge in [-0.05, 0) is 37.1 Å². The van der Waals surface area contributed by atoms with Crippen LogP contribution in [0, 0.1) is 13.8 Å². The average molecular weight is 379 g/mol. The van der Waals surface area contributed by atoms with Crippen LogP contribution in [-0.4, -0.2) is 29.9 Å². The number of hydrogen-bond donors (Lipinski definition) is 1. The van der Waals surface area contributed by atoms with Crippen molar-refractivity contribution in [3.05, 3.63) is 71.0 Å². The lowest BCUT2D eigenvalue weighted by Gasteiger charge is -2.11. The van der Waals surface area contributed by atoms with Gasteiger partial charge < -0.3 is 14.8 Å². The maximum Gasteiger partial charge on any atom is 0.228 e. The fourth-order valence-electron chi connectivity index (χ4n) is 3.15. The molecule has 0 spiro atoms. The number of amides is 1. The first-order valence-electron chi connectivity index (χ1n) is 9.10. The van der Waals surface area contributed by atoms with E-state index in [1.54, 1.807) is 14.2 Å². The Bertz CT molecular complexity index is 965. The summed E-state index contributed by atoms with van der Waals surface area (Å²) in [6.45, 7) is 4.43. The second-order valence-corrected chi connectivity index (χ2v) is 6.60. The molecule has 0 unspecified atom stereocenters. The number of ether oxygens (including phenoxy) is 2. The Hall–Kier alpha value is -3.28. The zero-order valence-corrected chi connectivity index (χ0v) is 16.7. The first kappa shape index (κ1) is 19.5. The highest BCUT2D eigenvalue weighted by Gasteiger charge is 2.15. The second-order valence-electron chi connectivity index (χ2n) is 6.60. The van der Waals surface area contributed by atoms with E-state index in [2.05, 4.69) is 10.4 Å². The van der Waals surface area contributed by atoms with Gasteiger partial charge in [-0.3, -0.25) is 9.48 Å². The molecule has 0 aliphatic carbocycles. The monoisotopic (exact) mass is 379 g/mol. The van der Waals surface area contributed by atoms with E-state index < -0.39 is 0 Å². The largest absolute Gasteiger partial charge is 0.493 e. The summed E-state index contributed by atoms with van der Waals surface area (Å²) >= 11 is 0. The molecule has 0 bridgehead atoms. The highest BCUT2D eigenvalue weighted by atomic mass is 16.5. The van der Waals surface area contributed by atoms with Crippen molar-refractivity contribution in [3.63, 3.8) is 0 Å². The first-order chi connectivity index (χ1) is 13.5.